The molecule has 0 bridgehead atoms. The highest BCUT2D eigenvalue weighted by Gasteiger charge is 2.71. The molecule has 5 nitrogen and oxygen atoms in total. The van der Waals surface area contributed by atoms with Gasteiger partial charge >= 0.3 is 5.97 Å². The second kappa shape index (κ2) is 7.57. The second-order valence-electron chi connectivity index (χ2n) is 15.0. The lowest BCUT2D eigenvalue weighted by atomic mass is 9.33. The molecule has 0 spiro atoms. The lowest BCUT2D eigenvalue weighted by Gasteiger charge is -2.71. The largest absolute Gasteiger partial charge is 0.481 e. The van der Waals surface area contributed by atoms with Gasteiger partial charge in [-0.2, -0.15) is 0 Å². The van der Waals surface area contributed by atoms with Gasteiger partial charge in [-0.15, -0.1) is 0 Å². The van der Waals surface area contributed by atoms with Crippen molar-refractivity contribution >= 4 is 5.97 Å². The van der Waals surface area contributed by atoms with Gasteiger partial charge in [-0.1, -0.05) is 53.2 Å². The topological polar surface area (TPSA) is 98.0 Å². The maximum absolute atomic E-state index is 12.8. The van der Waals surface area contributed by atoms with E-state index < -0.39 is 29.0 Å². The molecule has 4 saturated carbocycles. The molecule has 0 aliphatic heterocycles. The second-order valence-corrected chi connectivity index (χ2v) is 15.0. The predicted octanol–water partition coefficient (Wildman–Crippen LogP) is 5.18. The van der Waals surface area contributed by atoms with Gasteiger partial charge in [0.2, 0.25) is 0 Å². The first kappa shape index (κ1) is 25.7. The van der Waals surface area contributed by atoms with Crippen LogP contribution in [0.1, 0.15) is 99.3 Å². The maximum atomic E-state index is 12.8. The first-order valence-corrected chi connectivity index (χ1v) is 14.0. The normalized spacial score (nSPS) is 55.0. The Kier molecular flexibility index (Phi) is 5.56. The molecule has 0 radical (unpaired) electrons. The molecule has 5 aliphatic rings. The Morgan fingerprint density at radius 3 is 2.23 bits per heavy atom. The zero-order valence-corrected chi connectivity index (χ0v) is 22.7. The van der Waals surface area contributed by atoms with Crippen LogP contribution in [0.25, 0.3) is 0 Å². The zero-order chi connectivity index (χ0) is 25.8. The summed E-state index contributed by atoms with van der Waals surface area (Å²) in [6, 6.07) is 0. The molecular formula is C30H48O5. The Morgan fingerprint density at radius 2 is 1.60 bits per heavy atom. The molecule has 0 heterocycles. The van der Waals surface area contributed by atoms with Gasteiger partial charge < -0.3 is 20.4 Å². The van der Waals surface area contributed by atoms with Gasteiger partial charge in [0.15, 0.2) is 0 Å². The quantitative estimate of drug-likeness (QED) is 0.402. The Labute approximate surface area is 211 Å². The van der Waals surface area contributed by atoms with Crippen LogP contribution in [0.5, 0.6) is 0 Å². The first-order chi connectivity index (χ1) is 16.1. The van der Waals surface area contributed by atoms with Crippen LogP contribution in [-0.4, -0.2) is 45.2 Å². The molecule has 5 aliphatic carbocycles. The van der Waals surface area contributed by atoms with Crippen molar-refractivity contribution < 1.29 is 25.2 Å². The molecule has 5 rings (SSSR count). The minimum Gasteiger partial charge on any atom is -0.481 e. The van der Waals surface area contributed by atoms with Gasteiger partial charge in [0.1, 0.15) is 5.41 Å². The minimum absolute atomic E-state index is 0.00707. The molecule has 198 valence electrons. The number of fused-ring (bicyclic) bond motifs is 7. The van der Waals surface area contributed by atoms with Crippen LogP contribution in [-0.2, 0) is 4.79 Å². The van der Waals surface area contributed by atoms with Crippen LogP contribution < -0.4 is 0 Å². The van der Waals surface area contributed by atoms with Crippen LogP contribution in [0, 0.1) is 50.2 Å². The Morgan fingerprint density at radius 1 is 0.914 bits per heavy atom. The average Bonchev–Trinajstić information content (AvgIpc) is 2.76. The van der Waals surface area contributed by atoms with Gasteiger partial charge in [-0.05, 0) is 97.2 Å². The number of aliphatic hydroxyl groups excluding tert-OH is 3. The first-order valence-electron chi connectivity index (χ1n) is 14.0. The number of hydrogen-bond donors (Lipinski definition) is 4. The van der Waals surface area contributed by atoms with E-state index in [-0.39, 0.29) is 40.1 Å². The summed E-state index contributed by atoms with van der Waals surface area (Å²) >= 11 is 0. The van der Waals surface area contributed by atoms with Crippen LogP contribution in [0.2, 0.25) is 0 Å². The van der Waals surface area contributed by atoms with Crippen LogP contribution in [0.4, 0.5) is 0 Å². The highest BCUT2D eigenvalue weighted by molar-refractivity contribution is 5.77. The minimum atomic E-state index is -1.07. The summed E-state index contributed by atoms with van der Waals surface area (Å²) in [7, 11) is 0. The molecule has 0 aromatic rings. The Bertz CT molecular complexity index is 941. The van der Waals surface area contributed by atoms with Crippen molar-refractivity contribution in [2.75, 3.05) is 6.61 Å². The van der Waals surface area contributed by atoms with Crippen molar-refractivity contribution in [1.29, 1.82) is 0 Å². The zero-order valence-electron chi connectivity index (χ0n) is 22.7. The number of carboxylic acid groups (broad SMARTS) is 1. The van der Waals surface area contributed by atoms with E-state index in [9.17, 15) is 25.2 Å². The molecule has 0 saturated heterocycles. The standard InChI is InChI=1S/C30H48O5/c1-25(2)13-14-30(24(34)35)19(15-25)18-7-8-21-26(3)11-10-22(32)27(4,17-31)20(26)9-12-28(21,5)29(18,6)16-23(30)33/h7,19-23,31-33H,8-17H2,1-6H3,(H,34,35)/t19-,20?,21?,22-,23+,26-,27-,28+,29+,30+/m1/s1. The molecule has 4 N–H and O–H groups in total. The highest BCUT2D eigenvalue weighted by atomic mass is 16.4. The summed E-state index contributed by atoms with van der Waals surface area (Å²) in [5.74, 6) is -0.323. The molecule has 0 amide bonds. The average molecular weight is 489 g/mol. The van der Waals surface area contributed by atoms with Crippen molar-refractivity contribution in [3.63, 3.8) is 0 Å². The van der Waals surface area contributed by atoms with Gasteiger partial charge in [-0.3, -0.25) is 4.79 Å². The number of carbonyl (C=O) groups is 1. The molecular weight excluding hydrogens is 440 g/mol. The van der Waals surface area contributed by atoms with E-state index in [1.54, 1.807) is 0 Å². The summed E-state index contributed by atoms with van der Waals surface area (Å²) in [6.45, 7) is 13.7. The fraction of sp³-hybridized carbons (Fsp3) is 0.900. The predicted molar refractivity (Wildman–Crippen MR) is 135 cm³/mol. The van der Waals surface area contributed by atoms with Gasteiger partial charge in [-0.25, -0.2) is 0 Å². The van der Waals surface area contributed by atoms with Crippen LogP contribution in [0.3, 0.4) is 0 Å². The van der Waals surface area contributed by atoms with Crippen LogP contribution in [0.15, 0.2) is 11.6 Å². The molecule has 4 fully saturated rings. The fourth-order valence-electron chi connectivity index (χ4n) is 10.8. The molecule has 35 heavy (non-hydrogen) atoms. The SMILES string of the molecule is CC1(C)CC[C@]2(C(=O)O)[C@H](C1)C1=CCC3[C@]4(C)CC[C@@H](O)[C@](C)(CO)C4CC[C@]3(C)[C@@]1(C)C[C@@H]2O. The van der Waals surface area contributed by atoms with E-state index in [0.29, 0.717) is 25.2 Å². The number of rotatable bonds is 2. The summed E-state index contributed by atoms with van der Waals surface area (Å²) in [6.07, 6.45) is 8.30. The number of aliphatic carboxylic acids is 1. The smallest absolute Gasteiger partial charge is 0.312 e. The van der Waals surface area contributed by atoms with E-state index in [4.69, 9.17) is 0 Å². The molecule has 2 unspecified atom stereocenters. The molecule has 0 aromatic carbocycles. The summed E-state index contributed by atoms with van der Waals surface area (Å²) in [5.41, 5.74) is -0.522. The molecule has 10 atom stereocenters. The number of allylic oxidation sites excluding steroid dienone is 2. The lowest BCUT2D eigenvalue weighted by molar-refractivity contribution is -0.226. The van der Waals surface area contributed by atoms with E-state index in [1.165, 1.54) is 5.57 Å². The summed E-state index contributed by atoms with van der Waals surface area (Å²) in [4.78, 5) is 12.8. The molecule has 0 aromatic heterocycles. The van der Waals surface area contributed by atoms with Crippen molar-refractivity contribution in [3.8, 4) is 0 Å². The van der Waals surface area contributed by atoms with Gasteiger partial charge in [0.05, 0.1) is 18.8 Å². The monoisotopic (exact) mass is 488 g/mol. The lowest BCUT2D eigenvalue weighted by Crippen LogP contribution is -2.68. The molecule has 5 heteroatoms. The fourth-order valence-corrected chi connectivity index (χ4v) is 10.8. The third kappa shape index (κ3) is 3.01. The van der Waals surface area contributed by atoms with E-state index in [1.807, 2.05) is 0 Å². The van der Waals surface area contributed by atoms with Crippen molar-refractivity contribution in [1.82, 2.24) is 0 Å². The number of carboxylic acids is 1. The van der Waals surface area contributed by atoms with E-state index >= 15 is 0 Å². The summed E-state index contributed by atoms with van der Waals surface area (Å²) < 4.78 is 0. The van der Waals surface area contributed by atoms with Gasteiger partial charge in [0, 0.05) is 5.41 Å². The number of hydrogen-bond acceptors (Lipinski definition) is 4. The third-order valence-corrected chi connectivity index (χ3v) is 13.2. The maximum Gasteiger partial charge on any atom is 0.312 e. The highest BCUT2D eigenvalue weighted by Crippen LogP contribution is 2.75. The Hall–Kier alpha value is -0.910. The van der Waals surface area contributed by atoms with Crippen molar-refractivity contribution in [2.24, 2.45) is 50.2 Å². The van der Waals surface area contributed by atoms with E-state index in [2.05, 4.69) is 47.6 Å². The van der Waals surface area contributed by atoms with Crippen LogP contribution >= 0.6 is 0 Å². The van der Waals surface area contributed by atoms with Crippen molar-refractivity contribution in [3.05, 3.63) is 11.6 Å². The van der Waals surface area contributed by atoms with Crippen molar-refractivity contribution in [2.45, 2.75) is 112 Å². The third-order valence-electron chi connectivity index (χ3n) is 13.2. The Balaban J connectivity index is 1.63. The summed E-state index contributed by atoms with van der Waals surface area (Å²) in [5, 5.41) is 43.5. The number of aliphatic hydroxyl groups is 3. The van der Waals surface area contributed by atoms with Gasteiger partial charge in [0.25, 0.3) is 0 Å². The van der Waals surface area contributed by atoms with E-state index in [0.717, 1.165) is 38.5 Å².